The third-order valence-corrected chi connectivity index (χ3v) is 4.82. The van der Waals surface area contributed by atoms with Crippen LogP contribution in [0.25, 0.3) is 22.0 Å². The van der Waals surface area contributed by atoms with E-state index in [4.69, 9.17) is 4.98 Å². The molecule has 3 aromatic carbocycles. The fourth-order valence-electron chi connectivity index (χ4n) is 3.40. The molecule has 0 fully saturated rings. The molecule has 148 valence electrons. The maximum absolute atomic E-state index is 12.7. The van der Waals surface area contributed by atoms with E-state index in [1.165, 1.54) is 0 Å². The van der Waals surface area contributed by atoms with Crippen molar-refractivity contribution >= 4 is 22.5 Å². The molecule has 0 atom stereocenters. The van der Waals surface area contributed by atoms with Crippen LogP contribution in [0.3, 0.4) is 0 Å². The van der Waals surface area contributed by atoms with Crippen molar-refractivity contribution in [2.24, 2.45) is 0 Å². The second kappa shape index (κ2) is 8.70. The summed E-state index contributed by atoms with van der Waals surface area (Å²) >= 11 is 0. The molecule has 4 heteroatoms. The minimum atomic E-state index is -0.116. The molecule has 4 rings (SSSR count). The zero-order chi connectivity index (χ0) is 20.9. The van der Waals surface area contributed by atoms with Crippen LogP contribution in [0.4, 0.5) is 5.82 Å². The fraction of sp³-hybridized carbons (Fsp3) is 0.115. The molecule has 0 aliphatic heterocycles. The standard InChI is InChI=1S/C26H23N3O/c1-18(2)14-23-26(27-17-24(28-23)21-9-4-3-5-10-21)29-25(30)16-19-12-13-20-8-6-7-11-22(20)15-19/h3-13,15,17H,1,14,16H2,2H3,(H,27,29,30). The summed E-state index contributed by atoms with van der Waals surface area (Å²) in [4.78, 5) is 22.0. The highest BCUT2D eigenvalue weighted by Gasteiger charge is 2.13. The van der Waals surface area contributed by atoms with Crippen molar-refractivity contribution in [1.29, 1.82) is 0 Å². The lowest BCUT2D eigenvalue weighted by Gasteiger charge is -2.12. The molecule has 0 saturated carbocycles. The first-order valence-electron chi connectivity index (χ1n) is 9.92. The number of nitrogens with one attached hydrogen (secondary N) is 1. The number of fused-ring (bicyclic) bond motifs is 1. The summed E-state index contributed by atoms with van der Waals surface area (Å²) in [7, 11) is 0. The molecule has 0 radical (unpaired) electrons. The van der Waals surface area contributed by atoms with E-state index in [9.17, 15) is 4.79 Å². The lowest BCUT2D eigenvalue weighted by Crippen LogP contribution is -2.17. The molecule has 4 nitrogen and oxygen atoms in total. The number of allylic oxidation sites excluding steroid dienone is 1. The van der Waals surface area contributed by atoms with Crippen LogP contribution in [-0.4, -0.2) is 15.9 Å². The fourth-order valence-corrected chi connectivity index (χ4v) is 3.40. The number of benzene rings is 3. The van der Waals surface area contributed by atoms with Gasteiger partial charge in [0.1, 0.15) is 0 Å². The van der Waals surface area contributed by atoms with Gasteiger partial charge >= 0.3 is 0 Å². The SMILES string of the molecule is C=C(C)Cc1nc(-c2ccccc2)cnc1NC(=O)Cc1ccc2ccccc2c1. The predicted octanol–water partition coefficient (Wildman–Crippen LogP) is 5.60. The summed E-state index contributed by atoms with van der Waals surface area (Å²) in [6.07, 6.45) is 2.53. The van der Waals surface area contributed by atoms with Gasteiger partial charge in [0.25, 0.3) is 0 Å². The number of amides is 1. The van der Waals surface area contributed by atoms with Gasteiger partial charge in [-0.15, -0.1) is 0 Å². The Morgan fingerprint density at radius 3 is 2.43 bits per heavy atom. The lowest BCUT2D eigenvalue weighted by atomic mass is 10.0. The van der Waals surface area contributed by atoms with Gasteiger partial charge in [-0.3, -0.25) is 4.79 Å². The largest absolute Gasteiger partial charge is 0.309 e. The second-order valence-corrected chi connectivity index (χ2v) is 7.46. The average Bonchev–Trinajstić information content (AvgIpc) is 2.75. The lowest BCUT2D eigenvalue weighted by molar-refractivity contribution is -0.115. The first-order chi connectivity index (χ1) is 14.6. The summed E-state index contributed by atoms with van der Waals surface area (Å²) < 4.78 is 0. The maximum atomic E-state index is 12.7. The van der Waals surface area contributed by atoms with Gasteiger partial charge in [-0.1, -0.05) is 84.9 Å². The summed E-state index contributed by atoms with van der Waals surface area (Å²) in [5.74, 6) is 0.374. The normalized spacial score (nSPS) is 10.7. The Morgan fingerprint density at radius 1 is 0.933 bits per heavy atom. The minimum Gasteiger partial charge on any atom is -0.309 e. The number of anilines is 1. The number of carbonyl (C=O) groups is 1. The smallest absolute Gasteiger partial charge is 0.229 e. The van der Waals surface area contributed by atoms with E-state index in [-0.39, 0.29) is 12.3 Å². The molecular formula is C26H23N3O. The van der Waals surface area contributed by atoms with Crippen LogP contribution in [-0.2, 0) is 17.6 Å². The van der Waals surface area contributed by atoms with Crippen LogP contribution in [0, 0.1) is 0 Å². The van der Waals surface area contributed by atoms with Crippen LogP contribution in [0.1, 0.15) is 18.2 Å². The molecule has 1 N–H and O–H groups in total. The number of carbonyl (C=O) groups excluding carboxylic acids is 1. The van der Waals surface area contributed by atoms with E-state index >= 15 is 0 Å². The summed E-state index contributed by atoms with van der Waals surface area (Å²) in [5.41, 5.74) is 4.40. The van der Waals surface area contributed by atoms with Crippen molar-refractivity contribution in [2.75, 3.05) is 5.32 Å². The number of rotatable bonds is 6. The molecule has 0 aliphatic carbocycles. The van der Waals surface area contributed by atoms with E-state index in [0.717, 1.165) is 38.9 Å². The maximum Gasteiger partial charge on any atom is 0.229 e. The molecule has 1 amide bonds. The topological polar surface area (TPSA) is 54.9 Å². The van der Waals surface area contributed by atoms with E-state index in [2.05, 4.69) is 29.0 Å². The molecule has 0 bridgehead atoms. The van der Waals surface area contributed by atoms with E-state index in [1.54, 1.807) is 6.20 Å². The highest BCUT2D eigenvalue weighted by molar-refractivity contribution is 5.93. The monoisotopic (exact) mass is 393 g/mol. The molecule has 0 aliphatic rings. The van der Waals surface area contributed by atoms with Gasteiger partial charge < -0.3 is 5.32 Å². The Kier molecular flexibility index (Phi) is 5.66. The third-order valence-electron chi connectivity index (χ3n) is 4.82. The van der Waals surface area contributed by atoms with Crippen LogP contribution < -0.4 is 5.32 Å². The van der Waals surface area contributed by atoms with E-state index in [1.807, 2.05) is 67.6 Å². The van der Waals surface area contributed by atoms with Crippen molar-refractivity contribution in [2.45, 2.75) is 19.8 Å². The van der Waals surface area contributed by atoms with Crippen LogP contribution in [0.15, 0.2) is 91.1 Å². The van der Waals surface area contributed by atoms with Crippen LogP contribution in [0.2, 0.25) is 0 Å². The molecule has 1 aromatic heterocycles. The highest BCUT2D eigenvalue weighted by Crippen LogP contribution is 2.22. The van der Waals surface area contributed by atoms with Crippen molar-refractivity contribution in [1.82, 2.24) is 9.97 Å². The average molecular weight is 393 g/mol. The van der Waals surface area contributed by atoms with Gasteiger partial charge in [0.2, 0.25) is 5.91 Å². The van der Waals surface area contributed by atoms with Crippen molar-refractivity contribution in [3.8, 4) is 11.3 Å². The zero-order valence-corrected chi connectivity index (χ0v) is 16.9. The Labute approximate surface area is 176 Å². The van der Waals surface area contributed by atoms with Crippen molar-refractivity contribution in [3.05, 3.63) is 102 Å². The number of hydrogen-bond donors (Lipinski definition) is 1. The third kappa shape index (κ3) is 4.61. The summed E-state index contributed by atoms with van der Waals surface area (Å²) in [5, 5.41) is 5.22. The molecule has 0 spiro atoms. The van der Waals surface area contributed by atoms with Gasteiger partial charge in [0.15, 0.2) is 5.82 Å². The quantitative estimate of drug-likeness (QED) is 0.434. The first kappa shape index (κ1) is 19.5. The van der Waals surface area contributed by atoms with Gasteiger partial charge in [-0.05, 0) is 23.3 Å². The van der Waals surface area contributed by atoms with Crippen molar-refractivity contribution < 1.29 is 4.79 Å². The molecular weight excluding hydrogens is 370 g/mol. The number of nitrogens with zero attached hydrogens (tertiary/aromatic N) is 2. The zero-order valence-electron chi connectivity index (χ0n) is 16.9. The van der Waals surface area contributed by atoms with Gasteiger partial charge in [0.05, 0.1) is 24.0 Å². The molecule has 0 saturated heterocycles. The number of hydrogen-bond acceptors (Lipinski definition) is 3. The molecule has 1 heterocycles. The van der Waals surface area contributed by atoms with E-state index < -0.39 is 0 Å². The van der Waals surface area contributed by atoms with Gasteiger partial charge in [-0.25, -0.2) is 9.97 Å². The second-order valence-electron chi connectivity index (χ2n) is 7.46. The Hall–Kier alpha value is -3.79. The summed E-state index contributed by atoms with van der Waals surface area (Å²) in [6.45, 7) is 5.93. The van der Waals surface area contributed by atoms with Crippen molar-refractivity contribution in [3.63, 3.8) is 0 Å². The molecule has 30 heavy (non-hydrogen) atoms. The van der Waals surface area contributed by atoms with Crippen LogP contribution >= 0.6 is 0 Å². The van der Waals surface area contributed by atoms with Crippen LogP contribution in [0.5, 0.6) is 0 Å². The highest BCUT2D eigenvalue weighted by atomic mass is 16.1. The van der Waals surface area contributed by atoms with E-state index in [0.29, 0.717) is 12.2 Å². The Balaban J connectivity index is 1.56. The molecule has 4 aromatic rings. The first-order valence-corrected chi connectivity index (χ1v) is 9.92. The minimum absolute atomic E-state index is 0.116. The Bertz CT molecular complexity index is 1220. The molecule has 0 unspecified atom stereocenters. The van der Waals surface area contributed by atoms with Gasteiger partial charge in [-0.2, -0.15) is 0 Å². The summed E-state index contributed by atoms with van der Waals surface area (Å²) in [6, 6.07) is 24.1. The Morgan fingerprint density at radius 2 is 1.67 bits per heavy atom. The van der Waals surface area contributed by atoms with Gasteiger partial charge in [0, 0.05) is 12.0 Å². The predicted molar refractivity (Wildman–Crippen MR) is 122 cm³/mol. The number of aromatic nitrogens is 2.